The van der Waals surface area contributed by atoms with Gasteiger partial charge in [-0.05, 0) is 52.6 Å². The van der Waals surface area contributed by atoms with Crippen molar-refractivity contribution in [1.29, 1.82) is 0 Å². The molecule has 1 aliphatic carbocycles. The Morgan fingerprint density at radius 2 is 1.15 bits per heavy atom. The third kappa shape index (κ3) is 2.85. The topological polar surface area (TPSA) is 15.3 Å². The molecule has 0 saturated heterocycles. The van der Waals surface area contributed by atoms with E-state index in [2.05, 4.69) is 101 Å². The summed E-state index contributed by atoms with van der Waals surface area (Å²) in [5, 5.41) is 2.15. The minimum Gasteiger partial charge on any atom is -0.293 e. The quantitative estimate of drug-likeness (QED) is 0.377. The van der Waals surface area contributed by atoms with Gasteiger partial charge in [0, 0.05) is 6.42 Å². The number of fused-ring (bicyclic) bond motifs is 3. The van der Waals surface area contributed by atoms with Gasteiger partial charge in [-0.25, -0.2) is 0 Å². The lowest BCUT2D eigenvalue weighted by Crippen LogP contribution is -2.25. The van der Waals surface area contributed by atoms with Gasteiger partial charge in [0.25, 0.3) is 0 Å². The van der Waals surface area contributed by atoms with Gasteiger partial charge in [-0.15, -0.1) is 0 Å². The lowest BCUT2D eigenvalue weighted by molar-refractivity contribution is 1.14. The predicted molar refractivity (Wildman–Crippen MR) is 113 cm³/mol. The molecular weight excluding hydrogens is 328 g/mol. The van der Waals surface area contributed by atoms with E-state index in [0.717, 1.165) is 23.5 Å². The number of hydrogen-bond acceptors (Lipinski definition) is 2. The number of benzene rings is 4. The van der Waals surface area contributed by atoms with Crippen LogP contribution >= 0.6 is 0 Å². The van der Waals surface area contributed by atoms with Crippen molar-refractivity contribution in [3.8, 4) is 11.1 Å². The highest BCUT2D eigenvalue weighted by Gasteiger charge is 2.21. The maximum absolute atomic E-state index is 3.68. The Morgan fingerprint density at radius 1 is 0.556 bits per heavy atom. The maximum Gasteiger partial charge on any atom is 0.0630 e. The molecule has 0 bridgehead atoms. The van der Waals surface area contributed by atoms with Crippen LogP contribution in [0.25, 0.3) is 11.1 Å². The highest BCUT2D eigenvalue weighted by atomic mass is 15.5. The fourth-order valence-corrected chi connectivity index (χ4v) is 3.81. The van der Waals surface area contributed by atoms with E-state index in [4.69, 9.17) is 0 Å². The Kier molecular flexibility index (Phi) is 3.87. The smallest absolute Gasteiger partial charge is 0.0630 e. The predicted octanol–water partition coefficient (Wildman–Crippen LogP) is 6.42. The molecule has 0 unspecified atom stereocenters. The third-order valence-corrected chi connectivity index (χ3v) is 5.11. The van der Waals surface area contributed by atoms with Crippen LogP contribution in [0.4, 0.5) is 17.1 Å². The van der Waals surface area contributed by atoms with Crippen molar-refractivity contribution in [1.82, 2.24) is 0 Å². The van der Waals surface area contributed by atoms with E-state index in [0.29, 0.717) is 0 Å². The van der Waals surface area contributed by atoms with Crippen LogP contribution in [0.15, 0.2) is 103 Å². The summed E-state index contributed by atoms with van der Waals surface area (Å²) >= 11 is 0. The third-order valence-electron chi connectivity index (χ3n) is 5.11. The van der Waals surface area contributed by atoms with Gasteiger partial charge in [0.2, 0.25) is 0 Å². The molecule has 0 heterocycles. The standard InChI is InChI=1S/C25H20N2/c1-3-11-20(12-4-1)27(21-13-5-2-6-14-21)26-25-17-9-16-23-22-15-8-7-10-19(22)18-24(23)25/h1-17,26H,18H2. The van der Waals surface area contributed by atoms with Crippen LogP contribution in [0.3, 0.4) is 0 Å². The first-order chi connectivity index (χ1) is 13.4. The van der Waals surface area contributed by atoms with Crippen LogP contribution in [0.2, 0.25) is 0 Å². The fraction of sp³-hybridized carbons (Fsp3) is 0.0400. The molecule has 4 aromatic carbocycles. The molecule has 0 fully saturated rings. The van der Waals surface area contributed by atoms with Gasteiger partial charge in [-0.2, -0.15) is 0 Å². The van der Waals surface area contributed by atoms with Gasteiger partial charge in [-0.1, -0.05) is 72.8 Å². The Labute approximate surface area is 159 Å². The van der Waals surface area contributed by atoms with E-state index in [-0.39, 0.29) is 0 Å². The molecule has 0 atom stereocenters. The van der Waals surface area contributed by atoms with Crippen LogP contribution in [-0.2, 0) is 6.42 Å². The summed E-state index contributed by atoms with van der Waals surface area (Å²) in [4.78, 5) is 0. The van der Waals surface area contributed by atoms with Gasteiger partial charge < -0.3 is 0 Å². The van der Waals surface area contributed by atoms with E-state index in [1.54, 1.807) is 0 Å². The average Bonchev–Trinajstić information content (AvgIpc) is 3.13. The highest BCUT2D eigenvalue weighted by Crippen LogP contribution is 2.40. The van der Waals surface area contributed by atoms with Crippen molar-refractivity contribution in [2.75, 3.05) is 10.4 Å². The number of anilines is 3. The second kappa shape index (κ2) is 6.65. The second-order valence-corrected chi connectivity index (χ2v) is 6.78. The van der Waals surface area contributed by atoms with Crippen molar-refractivity contribution in [3.05, 3.63) is 114 Å². The zero-order valence-corrected chi connectivity index (χ0v) is 15.0. The van der Waals surface area contributed by atoms with Gasteiger partial charge in [-0.3, -0.25) is 10.4 Å². The first-order valence-corrected chi connectivity index (χ1v) is 9.27. The second-order valence-electron chi connectivity index (χ2n) is 6.78. The van der Waals surface area contributed by atoms with Gasteiger partial charge >= 0.3 is 0 Å². The van der Waals surface area contributed by atoms with Crippen molar-refractivity contribution in [3.63, 3.8) is 0 Å². The van der Waals surface area contributed by atoms with E-state index >= 15 is 0 Å². The first-order valence-electron chi connectivity index (χ1n) is 9.27. The molecule has 5 rings (SSSR count). The van der Waals surface area contributed by atoms with E-state index in [1.165, 1.54) is 22.3 Å². The molecule has 1 N–H and O–H groups in total. The number of hydrazine groups is 1. The Balaban J connectivity index is 1.57. The Hall–Kier alpha value is -3.52. The highest BCUT2D eigenvalue weighted by molar-refractivity contribution is 5.83. The lowest BCUT2D eigenvalue weighted by atomic mass is 10.1. The summed E-state index contributed by atoms with van der Waals surface area (Å²) < 4.78 is 0. The maximum atomic E-state index is 3.68. The molecule has 27 heavy (non-hydrogen) atoms. The molecule has 0 amide bonds. The molecule has 0 aliphatic heterocycles. The summed E-state index contributed by atoms with van der Waals surface area (Å²) in [5.74, 6) is 0. The minimum atomic E-state index is 0.964. The molecule has 1 aliphatic rings. The molecule has 0 radical (unpaired) electrons. The SMILES string of the molecule is c1ccc(N(Nc2cccc3c2Cc2ccccc2-3)c2ccccc2)cc1. The number of para-hydroxylation sites is 2. The zero-order valence-electron chi connectivity index (χ0n) is 15.0. The summed E-state index contributed by atoms with van der Waals surface area (Å²) in [7, 11) is 0. The Bertz CT molecular complexity index is 1030. The van der Waals surface area contributed by atoms with E-state index in [9.17, 15) is 0 Å². The van der Waals surface area contributed by atoms with Crippen LogP contribution < -0.4 is 10.4 Å². The van der Waals surface area contributed by atoms with Gasteiger partial charge in [0.05, 0.1) is 17.1 Å². The summed E-state index contributed by atoms with van der Waals surface area (Å²) in [6.45, 7) is 0. The normalized spacial score (nSPS) is 11.6. The lowest BCUT2D eigenvalue weighted by Gasteiger charge is -2.28. The molecular formula is C25H20N2. The average molecular weight is 348 g/mol. The number of nitrogens with zero attached hydrogens (tertiary/aromatic N) is 1. The molecule has 4 aromatic rings. The monoisotopic (exact) mass is 348 g/mol. The molecule has 2 heteroatoms. The van der Waals surface area contributed by atoms with Crippen molar-refractivity contribution in [2.24, 2.45) is 0 Å². The van der Waals surface area contributed by atoms with Crippen molar-refractivity contribution >= 4 is 17.1 Å². The molecule has 130 valence electrons. The van der Waals surface area contributed by atoms with Crippen LogP contribution in [0.5, 0.6) is 0 Å². The van der Waals surface area contributed by atoms with Gasteiger partial charge in [0.15, 0.2) is 0 Å². The van der Waals surface area contributed by atoms with Crippen molar-refractivity contribution in [2.45, 2.75) is 6.42 Å². The fourth-order valence-electron chi connectivity index (χ4n) is 3.81. The molecule has 2 nitrogen and oxygen atoms in total. The number of rotatable bonds is 4. The van der Waals surface area contributed by atoms with Crippen LogP contribution in [0.1, 0.15) is 11.1 Å². The molecule has 0 aromatic heterocycles. The minimum absolute atomic E-state index is 0.964. The molecule has 0 saturated carbocycles. The Morgan fingerprint density at radius 3 is 1.85 bits per heavy atom. The van der Waals surface area contributed by atoms with Crippen LogP contribution in [0, 0.1) is 0 Å². The first kappa shape index (κ1) is 15.7. The summed E-state index contributed by atoms with van der Waals surface area (Å²) in [5.41, 5.74) is 12.5. The largest absolute Gasteiger partial charge is 0.293 e. The molecule has 0 spiro atoms. The summed E-state index contributed by atoms with van der Waals surface area (Å²) in [6.07, 6.45) is 0.964. The van der Waals surface area contributed by atoms with E-state index < -0.39 is 0 Å². The number of nitrogens with one attached hydrogen (secondary N) is 1. The summed E-state index contributed by atoms with van der Waals surface area (Å²) in [6, 6.07) is 36.1. The van der Waals surface area contributed by atoms with Crippen molar-refractivity contribution < 1.29 is 0 Å². The number of hydrogen-bond donors (Lipinski definition) is 1. The van der Waals surface area contributed by atoms with Crippen LogP contribution in [-0.4, -0.2) is 0 Å². The van der Waals surface area contributed by atoms with E-state index in [1.807, 2.05) is 12.1 Å². The zero-order chi connectivity index (χ0) is 18.1. The van der Waals surface area contributed by atoms with Gasteiger partial charge in [0.1, 0.15) is 0 Å².